The fraction of sp³-hybridized carbons (Fsp3) is 0.458. The topological polar surface area (TPSA) is 47.6 Å². The monoisotopic (exact) mass is 383 g/mol. The Labute approximate surface area is 169 Å². The van der Waals surface area contributed by atoms with E-state index in [-0.39, 0.29) is 11.9 Å². The van der Waals surface area contributed by atoms with Crippen LogP contribution in [0.5, 0.6) is 11.5 Å². The van der Waals surface area contributed by atoms with Crippen LogP contribution in [0.4, 0.5) is 0 Å². The number of carbonyl (C=O) groups is 1. The minimum absolute atomic E-state index is 0.0600. The van der Waals surface area contributed by atoms with E-state index in [0.717, 1.165) is 29.0 Å². The van der Waals surface area contributed by atoms with Crippen molar-refractivity contribution in [1.82, 2.24) is 5.32 Å². The molecule has 1 N–H and O–H groups in total. The molecule has 0 fully saturated rings. The molecule has 28 heavy (non-hydrogen) atoms. The smallest absolute Gasteiger partial charge is 0.261 e. The summed E-state index contributed by atoms with van der Waals surface area (Å²) in [5.41, 5.74) is 3.29. The van der Waals surface area contributed by atoms with E-state index >= 15 is 0 Å². The Morgan fingerprint density at radius 2 is 1.75 bits per heavy atom. The fourth-order valence-corrected chi connectivity index (χ4v) is 3.26. The molecule has 2 aromatic carbocycles. The second-order valence-electron chi connectivity index (χ2n) is 7.75. The van der Waals surface area contributed by atoms with Crippen molar-refractivity contribution in [3.8, 4) is 11.5 Å². The Morgan fingerprint density at radius 1 is 1.07 bits per heavy atom. The minimum atomic E-state index is -0.519. The van der Waals surface area contributed by atoms with Crippen LogP contribution in [0.3, 0.4) is 0 Å². The summed E-state index contributed by atoms with van der Waals surface area (Å²) in [6.45, 7) is 10.3. The highest BCUT2D eigenvalue weighted by Crippen LogP contribution is 2.25. The predicted molar refractivity (Wildman–Crippen MR) is 114 cm³/mol. The second-order valence-corrected chi connectivity index (χ2v) is 7.75. The Kier molecular flexibility index (Phi) is 7.91. The van der Waals surface area contributed by atoms with Gasteiger partial charge in [-0.05, 0) is 61.9 Å². The first-order chi connectivity index (χ1) is 13.3. The van der Waals surface area contributed by atoms with Crippen molar-refractivity contribution in [2.45, 2.75) is 59.6 Å². The van der Waals surface area contributed by atoms with Crippen LogP contribution >= 0.6 is 0 Å². The highest BCUT2D eigenvalue weighted by molar-refractivity contribution is 5.81. The lowest BCUT2D eigenvalue weighted by atomic mass is 9.96. The van der Waals surface area contributed by atoms with Crippen molar-refractivity contribution >= 4 is 5.91 Å². The van der Waals surface area contributed by atoms with Gasteiger partial charge in [0, 0.05) is 0 Å². The van der Waals surface area contributed by atoms with E-state index in [4.69, 9.17) is 9.47 Å². The third-order valence-corrected chi connectivity index (χ3v) is 4.80. The van der Waals surface area contributed by atoms with Gasteiger partial charge < -0.3 is 14.8 Å². The van der Waals surface area contributed by atoms with E-state index in [1.165, 1.54) is 5.56 Å². The first-order valence-electron chi connectivity index (χ1n) is 10.0. The number of hydrogen-bond donors (Lipinski definition) is 1. The third kappa shape index (κ3) is 6.01. The van der Waals surface area contributed by atoms with Gasteiger partial charge in [-0.25, -0.2) is 0 Å². The second kappa shape index (κ2) is 10.2. The zero-order valence-corrected chi connectivity index (χ0v) is 17.9. The van der Waals surface area contributed by atoms with E-state index in [0.29, 0.717) is 12.3 Å². The van der Waals surface area contributed by atoms with Crippen LogP contribution < -0.4 is 14.8 Å². The third-order valence-electron chi connectivity index (χ3n) is 4.80. The summed E-state index contributed by atoms with van der Waals surface area (Å²) >= 11 is 0. The van der Waals surface area contributed by atoms with Gasteiger partial charge in [0.05, 0.1) is 13.2 Å². The van der Waals surface area contributed by atoms with Crippen molar-refractivity contribution in [3.05, 3.63) is 59.2 Å². The van der Waals surface area contributed by atoms with E-state index < -0.39 is 6.10 Å². The van der Waals surface area contributed by atoms with Crippen LogP contribution in [0.2, 0.25) is 0 Å². The summed E-state index contributed by atoms with van der Waals surface area (Å²) in [4.78, 5) is 13.0. The average molecular weight is 384 g/mol. The zero-order valence-electron chi connectivity index (χ0n) is 17.9. The average Bonchev–Trinajstić information content (AvgIpc) is 2.66. The lowest BCUT2D eigenvalue weighted by Crippen LogP contribution is -2.40. The van der Waals surface area contributed by atoms with Crippen LogP contribution in [-0.2, 0) is 4.79 Å². The molecule has 4 nitrogen and oxygen atoms in total. The molecule has 2 atom stereocenters. The number of nitrogens with one attached hydrogen (secondary N) is 1. The van der Waals surface area contributed by atoms with Crippen molar-refractivity contribution < 1.29 is 14.3 Å². The van der Waals surface area contributed by atoms with Crippen LogP contribution in [-0.4, -0.2) is 19.1 Å². The normalized spacial score (nSPS) is 13.1. The number of amides is 1. The molecule has 0 aliphatic rings. The van der Waals surface area contributed by atoms with E-state index in [1.807, 2.05) is 57.2 Å². The van der Waals surface area contributed by atoms with Gasteiger partial charge in [0.2, 0.25) is 0 Å². The van der Waals surface area contributed by atoms with Crippen molar-refractivity contribution in [3.63, 3.8) is 0 Å². The predicted octanol–water partition coefficient (Wildman–Crippen LogP) is 5.37. The molecule has 0 aliphatic heterocycles. The molecular formula is C24H33NO3. The van der Waals surface area contributed by atoms with Gasteiger partial charge in [0.15, 0.2) is 6.10 Å². The van der Waals surface area contributed by atoms with Gasteiger partial charge in [-0.15, -0.1) is 0 Å². The molecule has 2 rings (SSSR count). The maximum Gasteiger partial charge on any atom is 0.261 e. The first-order valence-corrected chi connectivity index (χ1v) is 10.0. The Balaban J connectivity index is 2.14. The van der Waals surface area contributed by atoms with Crippen molar-refractivity contribution in [2.75, 3.05) is 7.11 Å². The van der Waals surface area contributed by atoms with Gasteiger partial charge >= 0.3 is 0 Å². The standard InChI is InChI=1S/C24H33NO3/c1-7-22(28-23-13-8-17(4)15-18(23)5)24(26)25-21(14-16(2)3)19-9-11-20(27-6)12-10-19/h8-13,15-16,21-22H,7,14H2,1-6H3,(H,25,26)/t21-,22+/m0/s1. The summed E-state index contributed by atoms with van der Waals surface area (Å²) in [7, 11) is 1.65. The molecule has 0 saturated heterocycles. The molecule has 0 bridgehead atoms. The number of hydrogen-bond acceptors (Lipinski definition) is 3. The largest absolute Gasteiger partial charge is 0.497 e. The SMILES string of the molecule is CC[C@@H](Oc1ccc(C)cc1C)C(=O)N[C@@H](CC(C)C)c1ccc(OC)cc1. The number of ether oxygens (including phenoxy) is 2. The molecule has 1 amide bonds. The summed E-state index contributed by atoms with van der Waals surface area (Å²) in [5, 5.41) is 3.20. The highest BCUT2D eigenvalue weighted by Gasteiger charge is 2.24. The molecular weight excluding hydrogens is 350 g/mol. The lowest BCUT2D eigenvalue weighted by molar-refractivity contribution is -0.129. The lowest BCUT2D eigenvalue weighted by Gasteiger charge is -2.25. The van der Waals surface area contributed by atoms with Gasteiger partial charge in [0.25, 0.3) is 5.91 Å². The van der Waals surface area contributed by atoms with E-state index in [9.17, 15) is 4.79 Å². The van der Waals surface area contributed by atoms with Gasteiger partial charge in [-0.2, -0.15) is 0 Å². The summed E-state index contributed by atoms with van der Waals surface area (Å²) in [6, 6.07) is 13.8. The van der Waals surface area contributed by atoms with Gasteiger partial charge in [0.1, 0.15) is 11.5 Å². The molecule has 4 heteroatoms. The summed E-state index contributed by atoms with van der Waals surface area (Å²) in [6.07, 6.45) is 0.947. The van der Waals surface area contributed by atoms with Crippen LogP contribution in [0, 0.1) is 19.8 Å². The molecule has 0 radical (unpaired) electrons. The minimum Gasteiger partial charge on any atom is -0.497 e. The van der Waals surface area contributed by atoms with Crippen LogP contribution in [0.25, 0.3) is 0 Å². The Hall–Kier alpha value is -2.49. The Morgan fingerprint density at radius 3 is 2.29 bits per heavy atom. The first kappa shape index (κ1) is 21.8. The van der Waals surface area contributed by atoms with Crippen molar-refractivity contribution in [1.29, 1.82) is 0 Å². The number of carbonyl (C=O) groups excluding carboxylic acids is 1. The van der Waals surface area contributed by atoms with Crippen LogP contribution in [0.1, 0.15) is 56.3 Å². The molecule has 0 aromatic heterocycles. The van der Waals surface area contributed by atoms with Crippen molar-refractivity contribution in [2.24, 2.45) is 5.92 Å². The summed E-state index contributed by atoms with van der Waals surface area (Å²) < 4.78 is 11.3. The van der Waals surface area contributed by atoms with E-state index in [2.05, 4.69) is 25.2 Å². The van der Waals surface area contributed by atoms with Crippen LogP contribution in [0.15, 0.2) is 42.5 Å². The van der Waals surface area contributed by atoms with Gasteiger partial charge in [-0.1, -0.05) is 50.6 Å². The maximum atomic E-state index is 13.0. The summed E-state index contributed by atoms with van der Waals surface area (Å²) in [5.74, 6) is 1.94. The molecule has 0 unspecified atom stereocenters. The number of rotatable bonds is 9. The molecule has 0 saturated carbocycles. The van der Waals surface area contributed by atoms with E-state index in [1.54, 1.807) is 7.11 Å². The fourth-order valence-electron chi connectivity index (χ4n) is 3.26. The molecule has 0 aliphatic carbocycles. The quantitative estimate of drug-likeness (QED) is 0.633. The number of benzene rings is 2. The number of methoxy groups -OCH3 is 1. The number of aryl methyl sites for hydroxylation is 2. The van der Waals surface area contributed by atoms with Gasteiger partial charge in [-0.3, -0.25) is 4.79 Å². The molecule has 0 spiro atoms. The zero-order chi connectivity index (χ0) is 20.7. The highest BCUT2D eigenvalue weighted by atomic mass is 16.5. The molecule has 152 valence electrons. The Bertz CT molecular complexity index is 768. The molecule has 0 heterocycles. The molecule has 2 aromatic rings. The maximum absolute atomic E-state index is 13.0.